The summed E-state index contributed by atoms with van der Waals surface area (Å²) in [7, 11) is 3.09. The van der Waals surface area contributed by atoms with Gasteiger partial charge in [0.2, 0.25) is 5.91 Å². The zero-order valence-electron chi connectivity index (χ0n) is 9.61. The van der Waals surface area contributed by atoms with Gasteiger partial charge in [0, 0.05) is 6.07 Å². The average Bonchev–Trinajstić information content (AvgIpc) is 2.29. The fourth-order valence-corrected chi connectivity index (χ4v) is 1.15. The maximum atomic E-state index is 11.4. The second-order valence-electron chi connectivity index (χ2n) is 3.34. The van der Waals surface area contributed by atoms with Crippen molar-refractivity contribution in [2.45, 2.75) is 13.0 Å². The lowest BCUT2D eigenvalue weighted by Crippen LogP contribution is -2.32. The van der Waals surface area contributed by atoms with Crippen LogP contribution in [0.5, 0.6) is 11.5 Å². The highest BCUT2D eigenvalue weighted by Gasteiger charge is 2.11. The van der Waals surface area contributed by atoms with E-state index in [4.69, 9.17) is 15.2 Å². The monoisotopic (exact) mass is 224 g/mol. The van der Waals surface area contributed by atoms with Crippen LogP contribution in [0, 0.1) is 0 Å². The molecule has 0 aliphatic rings. The molecule has 1 rings (SSSR count). The van der Waals surface area contributed by atoms with Gasteiger partial charge in [0.25, 0.3) is 0 Å². The van der Waals surface area contributed by atoms with Crippen molar-refractivity contribution < 1.29 is 14.3 Å². The van der Waals surface area contributed by atoms with Crippen LogP contribution in [0.15, 0.2) is 18.2 Å². The molecule has 3 N–H and O–H groups in total. The molecule has 0 aliphatic carbocycles. The van der Waals surface area contributed by atoms with Gasteiger partial charge in [-0.3, -0.25) is 4.79 Å². The molecule has 88 valence electrons. The number of hydrogen-bond donors (Lipinski definition) is 2. The zero-order chi connectivity index (χ0) is 12.1. The first kappa shape index (κ1) is 12.3. The third-order valence-electron chi connectivity index (χ3n) is 2.08. The fraction of sp³-hybridized carbons (Fsp3) is 0.364. The van der Waals surface area contributed by atoms with Crippen molar-refractivity contribution in [3.63, 3.8) is 0 Å². The first-order chi connectivity index (χ1) is 7.58. The molecule has 0 aliphatic heterocycles. The Morgan fingerprint density at radius 3 is 2.56 bits per heavy atom. The molecule has 1 atom stereocenters. The summed E-state index contributed by atoms with van der Waals surface area (Å²) >= 11 is 0. The Labute approximate surface area is 94.5 Å². The maximum Gasteiger partial charge on any atom is 0.241 e. The SMILES string of the molecule is COc1ccc(NC(=O)[C@H](C)N)c(OC)c1. The molecule has 1 amide bonds. The predicted molar refractivity (Wildman–Crippen MR) is 61.8 cm³/mol. The van der Waals surface area contributed by atoms with E-state index < -0.39 is 6.04 Å². The lowest BCUT2D eigenvalue weighted by Gasteiger charge is -2.12. The Kier molecular flexibility index (Phi) is 4.13. The van der Waals surface area contributed by atoms with E-state index in [2.05, 4.69) is 5.32 Å². The molecule has 0 saturated heterocycles. The Morgan fingerprint density at radius 2 is 2.06 bits per heavy atom. The molecular weight excluding hydrogens is 208 g/mol. The van der Waals surface area contributed by atoms with Crippen LogP contribution < -0.4 is 20.5 Å². The molecule has 0 aromatic heterocycles. The van der Waals surface area contributed by atoms with Gasteiger partial charge in [0.15, 0.2) is 0 Å². The quantitative estimate of drug-likeness (QED) is 0.799. The topological polar surface area (TPSA) is 73.6 Å². The fourth-order valence-electron chi connectivity index (χ4n) is 1.15. The summed E-state index contributed by atoms with van der Waals surface area (Å²) < 4.78 is 10.2. The van der Waals surface area contributed by atoms with E-state index >= 15 is 0 Å². The standard InChI is InChI=1S/C11H16N2O3/c1-7(12)11(14)13-9-5-4-8(15-2)6-10(9)16-3/h4-7H,12H2,1-3H3,(H,13,14)/t7-/m0/s1. The van der Waals surface area contributed by atoms with Crippen LogP contribution in [-0.4, -0.2) is 26.2 Å². The molecule has 1 aromatic rings. The molecule has 1 aromatic carbocycles. The van der Waals surface area contributed by atoms with Gasteiger partial charge in [0.1, 0.15) is 11.5 Å². The first-order valence-electron chi connectivity index (χ1n) is 4.87. The third kappa shape index (κ3) is 2.87. The smallest absolute Gasteiger partial charge is 0.241 e. The summed E-state index contributed by atoms with van der Waals surface area (Å²) in [5.74, 6) is 0.937. The van der Waals surface area contributed by atoms with Crippen LogP contribution in [-0.2, 0) is 4.79 Å². The van der Waals surface area contributed by atoms with E-state index in [0.29, 0.717) is 17.2 Å². The number of rotatable bonds is 4. The molecule has 0 bridgehead atoms. The van der Waals surface area contributed by atoms with E-state index in [0.717, 1.165) is 0 Å². The Hall–Kier alpha value is -1.75. The molecule has 0 saturated carbocycles. The lowest BCUT2D eigenvalue weighted by atomic mass is 10.2. The van der Waals surface area contributed by atoms with Gasteiger partial charge in [-0.05, 0) is 19.1 Å². The first-order valence-corrected chi connectivity index (χ1v) is 4.87. The number of hydrogen-bond acceptors (Lipinski definition) is 4. The van der Waals surface area contributed by atoms with Gasteiger partial charge in [-0.15, -0.1) is 0 Å². The number of amides is 1. The Morgan fingerprint density at radius 1 is 1.38 bits per heavy atom. The molecule has 0 spiro atoms. The summed E-state index contributed by atoms with van der Waals surface area (Å²) in [5.41, 5.74) is 6.03. The van der Waals surface area contributed by atoms with E-state index in [1.54, 1.807) is 32.2 Å². The van der Waals surface area contributed by atoms with Crippen LogP contribution in [0.2, 0.25) is 0 Å². The van der Waals surface area contributed by atoms with E-state index in [-0.39, 0.29) is 5.91 Å². The van der Waals surface area contributed by atoms with Crippen molar-refractivity contribution in [1.82, 2.24) is 0 Å². The van der Waals surface area contributed by atoms with E-state index in [1.807, 2.05) is 0 Å². The number of methoxy groups -OCH3 is 2. The number of nitrogens with two attached hydrogens (primary N) is 1. The van der Waals surface area contributed by atoms with Crippen molar-refractivity contribution in [3.05, 3.63) is 18.2 Å². The summed E-state index contributed by atoms with van der Waals surface area (Å²) in [6, 6.07) is 4.57. The number of benzene rings is 1. The van der Waals surface area contributed by atoms with Gasteiger partial charge in [-0.1, -0.05) is 0 Å². The molecular formula is C11H16N2O3. The summed E-state index contributed by atoms with van der Waals surface area (Å²) in [5, 5.41) is 2.67. The van der Waals surface area contributed by atoms with Crippen LogP contribution >= 0.6 is 0 Å². The second-order valence-corrected chi connectivity index (χ2v) is 3.34. The molecule has 0 radical (unpaired) electrons. The highest BCUT2D eigenvalue weighted by molar-refractivity contribution is 5.95. The van der Waals surface area contributed by atoms with E-state index in [9.17, 15) is 4.79 Å². The highest BCUT2D eigenvalue weighted by atomic mass is 16.5. The minimum absolute atomic E-state index is 0.261. The number of ether oxygens (including phenoxy) is 2. The van der Waals surface area contributed by atoms with Crippen molar-refractivity contribution in [1.29, 1.82) is 0 Å². The summed E-state index contributed by atoms with van der Waals surface area (Å²) in [4.78, 5) is 11.4. The van der Waals surface area contributed by atoms with E-state index in [1.165, 1.54) is 7.11 Å². The number of anilines is 1. The van der Waals surface area contributed by atoms with Crippen molar-refractivity contribution >= 4 is 11.6 Å². The van der Waals surface area contributed by atoms with Crippen molar-refractivity contribution in [2.75, 3.05) is 19.5 Å². The normalized spacial score (nSPS) is 11.8. The van der Waals surface area contributed by atoms with Gasteiger partial charge in [-0.25, -0.2) is 0 Å². The summed E-state index contributed by atoms with van der Waals surface area (Å²) in [6.45, 7) is 1.62. The lowest BCUT2D eigenvalue weighted by molar-refractivity contribution is -0.117. The highest BCUT2D eigenvalue weighted by Crippen LogP contribution is 2.28. The van der Waals surface area contributed by atoms with Gasteiger partial charge in [-0.2, -0.15) is 0 Å². The van der Waals surface area contributed by atoms with Crippen LogP contribution in [0.1, 0.15) is 6.92 Å². The minimum atomic E-state index is -0.563. The second kappa shape index (κ2) is 5.37. The van der Waals surface area contributed by atoms with Crippen molar-refractivity contribution in [3.8, 4) is 11.5 Å². The third-order valence-corrected chi connectivity index (χ3v) is 2.08. The Bertz CT molecular complexity index is 377. The predicted octanol–water partition coefficient (Wildman–Crippen LogP) is 0.989. The maximum absolute atomic E-state index is 11.4. The van der Waals surface area contributed by atoms with Crippen molar-refractivity contribution in [2.24, 2.45) is 5.73 Å². The zero-order valence-corrected chi connectivity index (χ0v) is 9.61. The van der Waals surface area contributed by atoms with Gasteiger partial charge in [0.05, 0.1) is 25.9 Å². The summed E-state index contributed by atoms with van der Waals surface area (Å²) in [6.07, 6.45) is 0. The molecule has 0 heterocycles. The molecule has 5 heteroatoms. The van der Waals surface area contributed by atoms with Crippen LogP contribution in [0.25, 0.3) is 0 Å². The molecule has 0 fully saturated rings. The van der Waals surface area contributed by atoms with Crippen LogP contribution in [0.3, 0.4) is 0 Å². The number of carbonyl (C=O) groups is 1. The largest absolute Gasteiger partial charge is 0.497 e. The van der Waals surface area contributed by atoms with Crippen LogP contribution in [0.4, 0.5) is 5.69 Å². The molecule has 16 heavy (non-hydrogen) atoms. The number of nitrogens with one attached hydrogen (secondary N) is 1. The molecule has 0 unspecified atom stereocenters. The minimum Gasteiger partial charge on any atom is -0.497 e. The number of carbonyl (C=O) groups excluding carboxylic acids is 1. The van der Waals surface area contributed by atoms with Gasteiger partial charge < -0.3 is 20.5 Å². The Balaban J connectivity index is 2.91. The molecule has 5 nitrogen and oxygen atoms in total. The van der Waals surface area contributed by atoms with Gasteiger partial charge >= 0.3 is 0 Å². The average molecular weight is 224 g/mol.